The van der Waals surface area contributed by atoms with Crippen LogP contribution in [0.2, 0.25) is 0 Å². The van der Waals surface area contributed by atoms with E-state index in [9.17, 15) is 0 Å². The molecular formula is C10H13N3O. The Bertz CT molecular complexity index is 351. The summed E-state index contributed by atoms with van der Waals surface area (Å²) in [5.41, 5.74) is 6.39. The summed E-state index contributed by atoms with van der Waals surface area (Å²) in [7, 11) is 0. The Morgan fingerprint density at radius 1 is 1.43 bits per heavy atom. The summed E-state index contributed by atoms with van der Waals surface area (Å²) in [4.78, 5) is 1.77. The summed E-state index contributed by atoms with van der Waals surface area (Å²) in [6, 6.07) is 7.66. The van der Waals surface area contributed by atoms with Crippen LogP contribution in [0.5, 0.6) is 5.75 Å². The van der Waals surface area contributed by atoms with E-state index in [1.165, 1.54) is 0 Å². The van der Waals surface area contributed by atoms with Crippen LogP contribution in [-0.4, -0.2) is 19.1 Å². The molecule has 3 N–H and O–H groups in total. The lowest BCUT2D eigenvalue weighted by molar-refractivity contribution is 0.322. The zero-order chi connectivity index (χ0) is 9.97. The van der Waals surface area contributed by atoms with Crippen molar-refractivity contribution < 1.29 is 4.74 Å². The van der Waals surface area contributed by atoms with E-state index in [4.69, 9.17) is 15.9 Å². The van der Waals surface area contributed by atoms with Gasteiger partial charge < -0.3 is 15.4 Å². The van der Waals surface area contributed by atoms with Gasteiger partial charge in [0.25, 0.3) is 0 Å². The average Bonchev–Trinajstić information content (AvgIpc) is 2.39. The van der Waals surface area contributed by atoms with E-state index in [-0.39, 0.29) is 5.96 Å². The van der Waals surface area contributed by atoms with Crippen LogP contribution >= 0.6 is 0 Å². The van der Waals surface area contributed by atoms with Gasteiger partial charge in [-0.15, -0.1) is 0 Å². The average molecular weight is 191 g/mol. The minimum atomic E-state index is 0.0722. The molecule has 14 heavy (non-hydrogen) atoms. The molecule has 1 aromatic rings. The first-order valence-electron chi connectivity index (χ1n) is 4.62. The van der Waals surface area contributed by atoms with Gasteiger partial charge in [0, 0.05) is 6.54 Å². The zero-order valence-electron chi connectivity index (χ0n) is 7.86. The molecule has 0 unspecified atom stereocenters. The molecule has 0 fully saturated rings. The smallest absolute Gasteiger partial charge is 0.193 e. The summed E-state index contributed by atoms with van der Waals surface area (Å²) in [6.07, 6.45) is 0.883. The normalized spacial score (nSPS) is 15.3. The van der Waals surface area contributed by atoms with Gasteiger partial charge in [0.15, 0.2) is 5.96 Å². The second-order valence-corrected chi connectivity index (χ2v) is 3.21. The molecule has 0 bridgehead atoms. The first kappa shape index (κ1) is 8.87. The number of nitrogens with one attached hydrogen (secondary N) is 1. The molecule has 0 atom stereocenters. The lowest BCUT2D eigenvalue weighted by atomic mass is 10.2. The van der Waals surface area contributed by atoms with Crippen molar-refractivity contribution in [2.45, 2.75) is 6.42 Å². The Morgan fingerprint density at radius 3 is 3.00 bits per heavy atom. The standard InChI is InChI=1S/C10H13N3O/c11-10(12)13-6-3-7-14-9-5-2-1-4-8(9)13/h1-2,4-5H,3,6-7H2,(H3,11,12). The number of rotatable bonds is 0. The van der Waals surface area contributed by atoms with Crippen LogP contribution in [0, 0.1) is 5.41 Å². The van der Waals surface area contributed by atoms with Gasteiger partial charge in [-0.05, 0) is 18.6 Å². The van der Waals surface area contributed by atoms with Gasteiger partial charge >= 0.3 is 0 Å². The molecule has 4 heteroatoms. The first-order valence-corrected chi connectivity index (χ1v) is 4.62. The minimum absolute atomic E-state index is 0.0722. The van der Waals surface area contributed by atoms with E-state index >= 15 is 0 Å². The van der Waals surface area contributed by atoms with E-state index in [1.807, 2.05) is 24.3 Å². The van der Waals surface area contributed by atoms with Crippen molar-refractivity contribution in [3.8, 4) is 5.75 Å². The fourth-order valence-corrected chi connectivity index (χ4v) is 1.58. The third-order valence-corrected chi connectivity index (χ3v) is 2.23. The molecule has 0 saturated carbocycles. The molecule has 74 valence electrons. The molecule has 0 amide bonds. The highest BCUT2D eigenvalue weighted by atomic mass is 16.5. The van der Waals surface area contributed by atoms with Gasteiger partial charge in [0.2, 0.25) is 0 Å². The molecular weight excluding hydrogens is 178 g/mol. The van der Waals surface area contributed by atoms with Crippen LogP contribution < -0.4 is 15.4 Å². The zero-order valence-corrected chi connectivity index (χ0v) is 7.86. The van der Waals surface area contributed by atoms with Crippen LogP contribution in [0.4, 0.5) is 5.69 Å². The number of anilines is 1. The Hall–Kier alpha value is -1.71. The van der Waals surface area contributed by atoms with E-state index in [2.05, 4.69) is 0 Å². The molecule has 1 heterocycles. The maximum absolute atomic E-state index is 7.46. The molecule has 0 radical (unpaired) electrons. The quantitative estimate of drug-likeness (QED) is 0.478. The second kappa shape index (κ2) is 3.57. The largest absolute Gasteiger partial charge is 0.491 e. The number of ether oxygens (including phenoxy) is 1. The Labute approximate surface area is 82.8 Å². The highest BCUT2D eigenvalue weighted by molar-refractivity contribution is 5.94. The van der Waals surface area contributed by atoms with E-state index in [0.29, 0.717) is 6.61 Å². The third-order valence-electron chi connectivity index (χ3n) is 2.23. The van der Waals surface area contributed by atoms with E-state index < -0.39 is 0 Å². The van der Waals surface area contributed by atoms with Gasteiger partial charge in [-0.2, -0.15) is 0 Å². The van der Waals surface area contributed by atoms with Crippen molar-refractivity contribution in [1.29, 1.82) is 5.41 Å². The van der Waals surface area contributed by atoms with Crippen molar-refractivity contribution in [3.63, 3.8) is 0 Å². The maximum atomic E-state index is 7.46. The van der Waals surface area contributed by atoms with Crippen LogP contribution in [0.15, 0.2) is 24.3 Å². The fourth-order valence-electron chi connectivity index (χ4n) is 1.58. The first-order chi connectivity index (χ1) is 6.79. The number of fused-ring (bicyclic) bond motifs is 1. The topological polar surface area (TPSA) is 62.3 Å². The monoisotopic (exact) mass is 191 g/mol. The van der Waals surface area contributed by atoms with Gasteiger partial charge in [-0.1, -0.05) is 12.1 Å². The molecule has 2 rings (SSSR count). The predicted octanol–water partition coefficient (Wildman–Crippen LogP) is 1.17. The molecule has 1 aliphatic heterocycles. The van der Waals surface area contributed by atoms with E-state index in [1.54, 1.807) is 4.90 Å². The van der Waals surface area contributed by atoms with Crippen LogP contribution in [0.1, 0.15) is 6.42 Å². The van der Waals surface area contributed by atoms with Crippen LogP contribution in [0.25, 0.3) is 0 Å². The number of hydrogen-bond acceptors (Lipinski definition) is 2. The molecule has 0 spiro atoms. The molecule has 4 nitrogen and oxygen atoms in total. The summed E-state index contributed by atoms with van der Waals surface area (Å²) in [6.45, 7) is 1.42. The summed E-state index contributed by atoms with van der Waals surface area (Å²) < 4.78 is 5.53. The SMILES string of the molecule is N=C(N)N1CCCOc2ccccc21. The number of guanidine groups is 1. The molecule has 1 aromatic carbocycles. The highest BCUT2D eigenvalue weighted by Crippen LogP contribution is 2.29. The number of nitrogens with two attached hydrogens (primary N) is 1. The summed E-state index contributed by atoms with van der Waals surface area (Å²) in [5, 5.41) is 7.46. The van der Waals surface area contributed by atoms with Gasteiger partial charge in [0.05, 0.1) is 12.3 Å². The molecule has 0 saturated heterocycles. The second-order valence-electron chi connectivity index (χ2n) is 3.21. The molecule has 0 aliphatic carbocycles. The molecule has 1 aliphatic rings. The lowest BCUT2D eigenvalue weighted by Crippen LogP contribution is -2.36. The fraction of sp³-hybridized carbons (Fsp3) is 0.300. The van der Waals surface area contributed by atoms with Crippen molar-refractivity contribution >= 4 is 11.6 Å². The van der Waals surface area contributed by atoms with E-state index in [0.717, 1.165) is 24.4 Å². The Balaban J connectivity index is 2.42. The van der Waals surface area contributed by atoms with Crippen molar-refractivity contribution in [3.05, 3.63) is 24.3 Å². The highest BCUT2D eigenvalue weighted by Gasteiger charge is 2.17. The summed E-state index contributed by atoms with van der Waals surface area (Å²) in [5.74, 6) is 0.878. The Kier molecular flexibility index (Phi) is 2.26. The Morgan fingerprint density at radius 2 is 2.21 bits per heavy atom. The van der Waals surface area contributed by atoms with Crippen molar-refractivity contribution in [2.24, 2.45) is 5.73 Å². The third kappa shape index (κ3) is 1.51. The number of nitrogens with zero attached hydrogens (tertiary/aromatic N) is 1. The van der Waals surface area contributed by atoms with Gasteiger partial charge in [-0.3, -0.25) is 5.41 Å². The molecule has 0 aromatic heterocycles. The predicted molar refractivity (Wildman–Crippen MR) is 55.8 cm³/mol. The van der Waals surface area contributed by atoms with Crippen LogP contribution in [0.3, 0.4) is 0 Å². The number of para-hydroxylation sites is 2. The van der Waals surface area contributed by atoms with Gasteiger partial charge in [-0.25, -0.2) is 0 Å². The van der Waals surface area contributed by atoms with Gasteiger partial charge in [0.1, 0.15) is 5.75 Å². The summed E-state index contributed by atoms with van der Waals surface area (Å²) >= 11 is 0. The number of benzene rings is 1. The van der Waals surface area contributed by atoms with Crippen molar-refractivity contribution in [2.75, 3.05) is 18.1 Å². The minimum Gasteiger partial charge on any atom is -0.491 e. The van der Waals surface area contributed by atoms with Crippen LogP contribution in [-0.2, 0) is 0 Å². The van der Waals surface area contributed by atoms with Crippen molar-refractivity contribution in [1.82, 2.24) is 0 Å². The maximum Gasteiger partial charge on any atom is 0.193 e. The lowest BCUT2D eigenvalue weighted by Gasteiger charge is -2.20. The number of hydrogen-bond donors (Lipinski definition) is 2.